The fourth-order valence-electron chi connectivity index (χ4n) is 5.33. The lowest BCUT2D eigenvalue weighted by atomic mass is 9.67. The van der Waals surface area contributed by atoms with Crippen molar-refractivity contribution in [1.82, 2.24) is 0 Å². The van der Waals surface area contributed by atoms with Crippen molar-refractivity contribution in [2.45, 2.75) is 63.8 Å². The minimum atomic E-state index is 0.235. The van der Waals surface area contributed by atoms with Gasteiger partial charge in [-0.25, -0.2) is 0 Å². The van der Waals surface area contributed by atoms with E-state index in [2.05, 4.69) is 53.8 Å². The van der Waals surface area contributed by atoms with E-state index in [0.29, 0.717) is 6.04 Å². The van der Waals surface area contributed by atoms with Gasteiger partial charge in [0.05, 0.1) is 6.04 Å². The van der Waals surface area contributed by atoms with E-state index in [4.69, 9.17) is 4.99 Å². The van der Waals surface area contributed by atoms with Crippen LogP contribution in [0.2, 0.25) is 0 Å². The van der Waals surface area contributed by atoms with Gasteiger partial charge in [-0.3, -0.25) is 4.99 Å². The summed E-state index contributed by atoms with van der Waals surface area (Å²) in [6.07, 6.45) is 11.4. The summed E-state index contributed by atoms with van der Waals surface area (Å²) in [7, 11) is 0. The van der Waals surface area contributed by atoms with Gasteiger partial charge in [-0.15, -0.1) is 0 Å². The lowest BCUT2D eigenvalue weighted by Crippen LogP contribution is -2.43. The second-order valence-electron chi connectivity index (χ2n) is 8.38. The number of fused-ring (bicyclic) bond motifs is 2. The van der Waals surface area contributed by atoms with Crippen LogP contribution in [0, 0.1) is 5.41 Å². The molecule has 2 nitrogen and oxygen atoms in total. The second kappa shape index (κ2) is 6.57. The van der Waals surface area contributed by atoms with Crippen LogP contribution in [0.4, 0.5) is 5.69 Å². The Balaban J connectivity index is 1.57. The molecule has 0 saturated heterocycles. The molecular formula is C24H28N2. The third-order valence-electron chi connectivity index (χ3n) is 6.73. The highest BCUT2D eigenvalue weighted by Gasteiger charge is 2.41. The highest BCUT2D eigenvalue weighted by molar-refractivity contribution is 6.02. The first-order valence-electron chi connectivity index (χ1n) is 10.4. The predicted octanol–water partition coefficient (Wildman–Crippen LogP) is 6.08. The molecule has 26 heavy (non-hydrogen) atoms. The SMILES string of the molecule is c1ccc2c(c1)CC1(CCCCC1)C(=NC1CCCc3ccccc31)N2. The first-order chi connectivity index (χ1) is 12.8. The van der Waals surface area contributed by atoms with Crippen LogP contribution in [0.1, 0.15) is 67.7 Å². The molecule has 0 radical (unpaired) electrons. The Kier molecular flexibility index (Phi) is 4.07. The average molecular weight is 345 g/mol. The molecule has 1 unspecified atom stereocenters. The van der Waals surface area contributed by atoms with Gasteiger partial charge in [0.25, 0.3) is 0 Å². The minimum absolute atomic E-state index is 0.235. The summed E-state index contributed by atoms with van der Waals surface area (Å²) in [5.74, 6) is 1.28. The Bertz CT molecular complexity index is 830. The number of benzene rings is 2. The summed E-state index contributed by atoms with van der Waals surface area (Å²) in [5.41, 5.74) is 5.93. The van der Waals surface area contributed by atoms with E-state index in [0.717, 1.165) is 6.42 Å². The van der Waals surface area contributed by atoms with Crippen LogP contribution >= 0.6 is 0 Å². The molecule has 0 bridgehead atoms. The number of anilines is 1. The number of rotatable bonds is 1. The summed E-state index contributed by atoms with van der Waals surface area (Å²) < 4.78 is 0. The largest absolute Gasteiger partial charge is 0.343 e. The highest BCUT2D eigenvalue weighted by atomic mass is 15.0. The molecule has 1 fully saturated rings. The molecule has 0 aromatic heterocycles. The molecule has 1 aliphatic heterocycles. The van der Waals surface area contributed by atoms with Gasteiger partial charge in [-0.05, 0) is 61.3 Å². The van der Waals surface area contributed by atoms with Crippen molar-refractivity contribution in [3.8, 4) is 0 Å². The number of hydrogen-bond acceptors (Lipinski definition) is 1. The molecular weight excluding hydrogens is 316 g/mol. The van der Waals surface area contributed by atoms with E-state index >= 15 is 0 Å². The van der Waals surface area contributed by atoms with Crippen molar-refractivity contribution in [2.24, 2.45) is 10.4 Å². The van der Waals surface area contributed by atoms with E-state index < -0.39 is 0 Å². The van der Waals surface area contributed by atoms with Crippen LogP contribution < -0.4 is 5.32 Å². The van der Waals surface area contributed by atoms with E-state index in [1.54, 1.807) is 0 Å². The van der Waals surface area contributed by atoms with Crippen molar-refractivity contribution < 1.29 is 0 Å². The molecule has 2 aromatic carbocycles. The van der Waals surface area contributed by atoms with Gasteiger partial charge >= 0.3 is 0 Å². The average Bonchev–Trinajstić information content (AvgIpc) is 2.69. The number of aryl methyl sites for hydroxylation is 1. The third kappa shape index (κ3) is 2.76. The topological polar surface area (TPSA) is 24.4 Å². The smallest absolute Gasteiger partial charge is 0.108 e. The molecule has 0 amide bonds. The van der Waals surface area contributed by atoms with Crippen molar-refractivity contribution in [1.29, 1.82) is 0 Å². The number of amidine groups is 1. The maximum Gasteiger partial charge on any atom is 0.108 e. The summed E-state index contributed by atoms with van der Waals surface area (Å²) >= 11 is 0. The molecule has 1 N–H and O–H groups in total. The minimum Gasteiger partial charge on any atom is -0.343 e. The Hall–Kier alpha value is -2.09. The van der Waals surface area contributed by atoms with Gasteiger partial charge in [0.2, 0.25) is 0 Å². The number of para-hydroxylation sites is 1. The summed E-state index contributed by atoms with van der Waals surface area (Å²) in [5, 5.41) is 3.79. The Labute approximate surface area is 156 Å². The summed E-state index contributed by atoms with van der Waals surface area (Å²) in [6.45, 7) is 0. The fraction of sp³-hybridized carbons (Fsp3) is 0.458. The Morgan fingerprint density at radius 2 is 1.62 bits per heavy atom. The summed E-state index contributed by atoms with van der Waals surface area (Å²) in [6, 6.07) is 18.1. The first kappa shape index (κ1) is 16.1. The molecule has 134 valence electrons. The van der Waals surface area contributed by atoms with E-state index in [9.17, 15) is 0 Å². The lowest BCUT2D eigenvalue weighted by molar-refractivity contribution is 0.277. The van der Waals surface area contributed by atoms with Crippen molar-refractivity contribution in [3.63, 3.8) is 0 Å². The predicted molar refractivity (Wildman–Crippen MR) is 109 cm³/mol. The van der Waals surface area contributed by atoms with Gasteiger partial charge in [0.1, 0.15) is 5.84 Å². The Morgan fingerprint density at radius 3 is 2.50 bits per heavy atom. The van der Waals surface area contributed by atoms with Gasteiger partial charge in [-0.1, -0.05) is 61.7 Å². The number of nitrogens with one attached hydrogen (secondary N) is 1. The van der Waals surface area contributed by atoms with Crippen molar-refractivity contribution in [3.05, 3.63) is 65.2 Å². The first-order valence-corrected chi connectivity index (χ1v) is 10.4. The monoisotopic (exact) mass is 344 g/mol. The zero-order chi connectivity index (χ0) is 17.4. The molecule has 2 aromatic rings. The normalized spacial score (nSPS) is 25.4. The van der Waals surface area contributed by atoms with E-state index in [-0.39, 0.29) is 5.41 Å². The highest BCUT2D eigenvalue weighted by Crippen LogP contribution is 2.46. The standard InChI is InChI=1S/C24H28N2/c1-6-15-24(16-7-1)17-19-10-3-5-13-21(19)25-23(24)26-22-14-8-11-18-9-2-4-12-20(18)22/h2-5,9-10,12-13,22H,1,6-8,11,14-17H2,(H,25,26). The van der Waals surface area contributed by atoms with Crippen LogP contribution in [0.25, 0.3) is 0 Å². The van der Waals surface area contributed by atoms with Crippen LogP contribution in [0.15, 0.2) is 53.5 Å². The fourth-order valence-corrected chi connectivity index (χ4v) is 5.33. The number of hydrogen-bond donors (Lipinski definition) is 1. The maximum absolute atomic E-state index is 5.42. The van der Waals surface area contributed by atoms with Gasteiger partial charge < -0.3 is 5.32 Å². The molecule has 1 spiro atoms. The van der Waals surface area contributed by atoms with E-state index in [1.807, 2.05) is 0 Å². The third-order valence-corrected chi connectivity index (χ3v) is 6.73. The molecule has 2 aliphatic carbocycles. The number of aliphatic imine (C=N–C) groups is 1. The van der Waals surface area contributed by atoms with Crippen LogP contribution in [0.5, 0.6) is 0 Å². The molecule has 1 saturated carbocycles. The van der Waals surface area contributed by atoms with Crippen LogP contribution in [0.3, 0.4) is 0 Å². The summed E-state index contributed by atoms with van der Waals surface area (Å²) in [4.78, 5) is 5.42. The maximum atomic E-state index is 5.42. The van der Waals surface area contributed by atoms with Crippen molar-refractivity contribution >= 4 is 11.5 Å². The number of nitrogens with zero attached hydrogens (tertiary/aromatic N) is 1. The van der Waals surface area contributed by atoms with Crippen molar-refractivity contribution in [2.75, 3.05) is 5.32 Å². The second-order valence-corrected chi connectivity index (χ2v) is 8.38. The van der Waals surface area contributed by atoms with E-state index in [1.165, 1.54) is 79.6 Å². The molecule has 1 atom stereocenters. The van der Waals surface area contributed by atoms with Gasteiger partial charge in [-0.2, -0.15) is 0 Å². The molecule has 3 aliphatic rings. The van der Waals surface area contributed by atoms with Crippen LogP contribution in [-0.2, 0) is 12.8 Å². The zero-order valence-electron chi connectivity index (χ0n) is 15.5. The van der Waals surface area contributed by atoms with Gasteiger partial charge in [0, 0.05) is 11.1 Å². The molecule has 2 heteroatoms. The van der Waals surface area contributed by atoms with Crippen LogP contribution in [-0.4, -0.2) is 5.84 Å². The molecule has 1 heterocycles. The molecule has 5 rings (SSSR count). The van der Waals surface area contributed by atoms with Gasteiger partial charge in [0.15, 0.2) is 0 Å². The zero-order valence-corrected chi connectivity index (χ0v) is 15.5. The lowest BCUT2D eigenvalue weighted by Gasteiger charge is -2.43. The quantitative estimate of drug-likeness (QED) is 0.666. The Morgan fingerprint density at radius 1 is 0.846 bits per heavy atom.